The van der Waals surface area contributed by atoms with E-state index >= 15 is 0 Å². The lowest BCUT2D eigenvalue weighted by molar-refractivity contribution is -0.0698. The molecule has 5 nitrogen and oxygen atoms in total. The molecule has 2 fully saturated rings. The summed E-state index contributed by atoms with van der Waals surface area (Å²) in [4.78, 5) is 6.76. The van der Waals surface area contributed by atoms with Crippen LogP contribution in [-0.4, -0.2) is 45.9 Å². The van der Waals surface area contributed by atoms with Crippen LogP contribution in [0, 0.1) is 5.92 Å². The predicted molar refractivity (Wildman–Crippen MR) is 96.4 cm³/mol. The van der Waals surface area contributed by atoms with Gasteiger partial charge in [-0.1, -0.05) is 18.2 Å². The largest absolute Gasteiger partial charge is 0.491 e. The lowest BCUT2D eigenvalue weighted by Gasteiger charge is -2.33. The van der Waals surface area contributed by atoms with Crippen LogP contribution in [0.5, 0.6) is 5.75 Å². The molecule has 2 saturated heterocycles. The van der Waals surface area contributed by atoms with Crippen molar-refractivity contribution in [3.05, 3.63) is 48.5 Å². The second-order valence-electron chi connectivity index (χ2n) is 7.69. The molecule has 0 saturated carbocycles. The summed E-state index contributed by atoms with van der Waals surface area (Å²) in [6.45, 7) is 5.96. The second kappa shape index (κ2) is 6.81. The van der Waals surface area contributed by atoms with E-state index in [-0.39, 0.29) is 5.60 Å². The molecule has 0 spiro atoms. The summed E-state index contributed by atoms with van der Waals surface area (Å²) >= 11 is 0. The molecule has 4 rings (SSSR count). The first-order chi connectivity index (χ1) is 12.1. The van der Waals surface area contributed by atoms with Crippen LogP contribution in [0.1, 0.15) is 25.5 Å². The monoisotopic (exact) mass is 341 g/mol. The lowest BCUT2D eigenvalue weighted by atomic mass is 9.89. The number of hydrogen-bond donors (Lipinski definition) is 0. The van der Waals surface area contributed by atoms with E-state index in [4.69, 9.17) is 9.47 Å². The van der Waals surface area contributed by atoms with Gasteiger partial charge in [0.05, 0.1) is 18.1 Å². The zero-order chi connectivity index (χ0) is 17.3. The van der Waals surface area contributed by atoms with Gasteiger partial charge in [-0.25, -0.2) is 4.98 Å². The first-order valence-electron chi connectivity index (χ1n) is 9.14. The number of para-hydroxylation sites is 1. The Bertz CT molecular complexity index is 702. The molecular weight excluding hydrogens is 314 g/mol. The molecule has 2 aliphatic rings. The fraction of sp³-hybridized carbons (Fsp3) is 0.550. The molecule has 0 radical (unpaired) electrons. The Kier molecular flexibility index (Phi) is 4.52. The van der Waals surface area contributed by atoms with Gasteiger partial charge in [-0.15, -0.1) is 0 Å². The third kappa shape index (κ3) is 3.72. The van der Waals surface area contributed by atoms with Crippen molar-refractivity contribution in [3.63, 3.8) is 0 Å². The van der Waals surface area contributed by atoms with Crippen molar-refractivity contribution in [3.8, 4) is 5.75 Å². The van der Waals surface area contributed by atoms with Gasteiger partial charge in [0.1, 0.15) is 18.0 Å². The first kappa shape index (κ1) is 16.6. The number of piperidine rings is 1. The van der Waals surface area contributed by atoms with Gasteiger partial charge in [-0.05, 0) is 31.9 Å². The van der Waals surface area contributed by atoms with E-state index < -0.39 is 0 Å². The summed E-state index contributed by atoms with van der Waals surface area (Å²) in [5, 5.41) is 0. The molecule has 3 heterocycles. The van der Waals surface area contributed by atoms with Crippen LogP contribution in [0.15, 0.2) is 42.9 Å². The lowest BCUT2D eigenvalue weighted by Crippen LogP contribution is -2.41. The summed E-state index contributed by atoms with van der Waals surface area (Å²) < 4.78 is 14.5. The molecule has 5 heteroatoms. The highest BCUT2D eigenvalue weighted by Crippen LogP contribution is 2.39. The molecule has 0 N–H and O–H groups in total. The minimum absolute atomic E-state index is 0.187. The maximum atomic E-state index is 6.41. The number of imidazole rings is 1. The number of nitrogens with zero attached hydrogens (tertiary/aromatic N) is 3. The third-order valence-corrected chi connectivity index (χ3v) is 5.47. The highest BCUT2D eigenvalue weighted by molar-refractivity contribution is 5.21. The van der Waals surface area contributed by atoms with Crippen molar-refractivity contribution >= 4 is 0 Å². The fourth-order valence-electron chi connectivity index (χ4n) is 4.16. The van der Waals surface area contributed by atoms with Crippen LogP contribution in [0.25, 0.3) is 0 Å². The number of ether oxygens (including phenoxy) is 2. The highest BCUT2D eigenvalue weighted by Gasteiger charge is 2.46. The molecule has 3 atom stereocenters. The Balaban J connectivity index is 1.34. The zero-order valence-corrected chi connectivity index (χ0v) is 15.1. The molecule has 25 heavy (non-hydrogen) atoms. The normalized spacial score (nSPS) is 29.5. The Morgan fingerprint density at radius 1 is 1.32 bits per heavy atom. The smallest absolute Gasteiger partial charge is 0.119 e. The third-order valence-electron chi connectivity index (χ3n) is 5.47. The molecule has 0 amide bonds. The maximum Gasteiger partial charge on any atom is 0.119 e. The zero-order valence-electron chi connectivity index (χ0n) is 15.1. The average Bonchev–Trinajstić information content (AvgIpc) is 3.17. The molecule has 2 aromatic rings. The predicted octanol–water partition coefficient (Wildman–Crippen LogP) is 2.87. The van der Waals surface area contributed by atoms with E-state index in [1.807, 2.05) is 42.9 Å². The van der Waals surface area contributed by atoms with Crippen molar-refractivity contribution in [1.29, 1.82) is 0 Å². The van der Waals surface area contributed by atoms with Gasteiger partial charge in [0.15, 0.2) is 0 Å². The van der Waals surface area contributed by atoms with Gasteiger partial charge in [-0.2, -0.15) is 0 Å². The number of benzene rings is 1. The molecule has 0 bridgehead atoms. The second-order valence-corrected chi connectivity index (χ2v) is 7.69. The van der Waals surface area contributed by atoms with Crippen molar-refractivity contribution in [2.75, 3.05) is 19.7 Å². The van der Waals surface area contributed by atoms with E-state index in [0.29, 0.717) is 18.6 Å². The molecule has 0 unspecified atom stereocenters. The van der Waals surface area contributed by atoms with Crippen LogP contribution in [-0.2, 0) is 18.3 Å². The summed E-state index contributed by atoms with van der Waals surface area (Å²) in [5.74, 6) is 1.51. The van der Waals surface area contributed by atoms with Gasteiger partial charge in [0.25, 0.3) is 0 Å². The number of rotatable bonds is 5. The Labute approximate surface area is 149 Å². The number of aryl methyl sites for hydroxylation is 1. The molecule has 1 aromatic heterocycles. The SMILES string of the molecule is Cn1cncc1CN1CC[C@@H]2O[C@@](C)(COc3ccccc3)C[C@@H]2C1. The molecule has 1 aromatic carbocycles. The molecule has 134 valence electrons. The van der Waals surface area contributed by atoms with Gasteiger partial charge >= 0.3 is 0 Å². The van der Waals surface area contributed by atoms with Crippen molar-refractivity contribution in [2.45, 2.75) is 38.0 Å². The van der Waals surface area contributed by atoms with Crippen molar-refractivity contribution in [2.24, 2.45) is 13.0 Å². The quantitative estimate of drug-likeness (QED) is 0.838. The number of likely N-dealkylation sites (tertiary alicyclic amines) is 1. The highest BCUT2D eigenvalue weighted by atomic mass is 16.6. The van der Waals surface area contributed by atoms with E-state index in [1.54, 1.807) is 0 Å². The van der Waals surface area contributed by atoms with E-state index in [2.05, 4.69) is 28.4 Å². The standard InChI is InChI=1S/C20H27N3O2/c1-20(14-24-18-6-4-3-5-7-18)10-16-12-23(9-8-19(16)25-20)13-17-11-21-15-22(17)2/h3-7,11,15-16,19H,8-10,12-14H2,1-2H3/t16-,19+,20-/m1/s1. The van der Waals surface area contributed by atoms with E-state index in [9.17, 15) is 0 Å². The average molecular weight is 341 g/mol. The van der Waals surface area contributed by atoms with Gasteiger partial charge in [0.2, 0.25) is 0 Å². The molecule has 2 aliphatic heterocycles. The van der Waals surface area contributed by atoms with Crippen LogP contribution in [0.4, 0.5) is 0 Å². The van der Waals surface area contributed by atoms with Gasteiger partial charge < -0.3 is 14.0 Å². The molecular formula is C20H27N3O2. The summed E-state index contributed by atoms with van der Waals surface area (Å²) in [7, 11) is 2.06. The minimum Gasteiger partial charge on any atom is -0.491 e. The van der Waals surface area contributed by atoms with Crippen LogP contribution in [0.3, 0.4) is 0 Å². The topological polar surface area (TPSA) is 39.5 Å². The summed E-state index contributed by atoms with van der Waals surface area (Å²) in [6.07, 6.45) is 6.37. The van der Waals surface area contributed by atoms with E-state index in [0.717, 1.165) is 38.2 Å². The Hall–Kier alpha value is -1.85. The van der Waals surface area contributed by atoms with Gasteiger partial charge in [0, 0.05) is 38.8 Å². The van der Waals surface area contributed by atoms with Crippen molar-refractivity contribution in [1.82, 2.24) is 14.5 Å². The van der Waals surface area contributed by atoms with Crippen molar-refractivity contribution < 1.29 is 9.47 Å². The van der Waals surface area contributed by atoms with Crippen LogP contribution in [0.2, 0.25) is 0 Å². The number of hydrogen-bond acceptors (Lipinski definition) is 4. The Morgan fingerprint density at radius 3 is 2.92 bits per heavy atom. The van der Waals surface area contributed by atoms with E-state index in [1.165, 1.54) is 5.69 Å². The Morgan fingerprint density at radius 2 is 2.16 bits per heavy atom. The van der Waals surface area contributed by atoms with Gasteiger partial charge in [-0.3, -0.25) is 4.90 Å². The number of aromatic nitrogens is 2. The summed E-state index contributed by atoms with van der Waals surface area (Å²) in [6, 6.07) is 10.0. The minimum atomic E-state index is -0.187. The molecule has 0 aliphatic carbocycles. The van der Waals surface area contributed by atoms with Crippen LogP contribution < -0.4 is 4.74 Å². The fourth-order valence-corrected chi connectivity index (χ4v) is 4.16. The van der Waals surface area contributed by atoms with Crippen LogP contribution >= 0.6 is 0 Å². The maximum absolute atomic E-state index is 6.41. The first-order valence-corrected chi connectivity index (χ1v) is 9.14. The number of fused-ring (bicyclic) bond motifs is 1. The summed E-state index contributed by atoms with van der Waals surface area (Å²) in [5.41, 5.74) is 1.08.